The van der Waals surface area contributed by atoms with Crippen LogP contribution < -0.4 is 5.32 Å². The fourth-order valence-corrected chi connectivity index (χ4v) is 3.92. The Kier molecular flexibility index (Phi) is 7.52. The second-order valence-corrected chi connectivity index (χ2v) is 8.06. The molecule has 0 saturated heterocycles. The number of carbonyl (C=O) groups is 1. The molecular formula is C20H19Cl2FN4OS. The molecule has 5 nitrogen and oxygen atoms in total. The standard InChI is InChI=1S/C20H19Cl2FN4OS/c1-2-3-19(28)24-11-18-25-26-20(29-12-13-4-7-15(23)8-5-13)27(18)17-10-14(21)6-9-16(17)22/h4-10H,2-3,11-12H2,1H3,(H,24,28). The second kappa shape index (κ2) is 10.1. The van der Waals surface area contributed by atoms with Gasteiger partial charge in [-0.05, 0) is 42.3 Å². The minimum atomic E-state index is -0.280. The topological polar surface area (TPSA) is 59.8 Å². The number of rotatable bonds is 8. The Bertz CT molecular complexity index is 995. The van der Waals surface area contributed by atoms with Crippen LogP contribution in [0.4, 0.5) is 4.39 Å². The highest BCUT2D eigenvalue weighted by molar-refractivity contribution is 7.98. The molecule has 3 aromatic rings. The van der Waals surface area contributed by atoms with Crippen molar-refractivity contribution in [1.29, 1.82) is 0 Å². The third-order valence-corrected chi connectivity index (χ3v) is 5.61. The Hall–Kier alpha value is -2.09. The minimum absolute atomic E-state index is 0.0558. The molecule has 0 aliphatic rings. The Morgan fingerprint density at radius 1 is 1.17 bits per heavy atom. The van der Waals surface area contributed by atoms with Crippen molar-refractivity contribution in [2.45, 2.75) is 37.2 Å². The first-order chi connectivity index (χ1) is 14.0. The van der Waals surface area contributed by atoms with Crippen LogP contribution in [0.2, 0.25) is 10.0 Å². The molecule has 1 amide bonds. The lowest BCUT2D eigenvalue weighted by Crippen LogP contribution is -2.24. The van der Waals surface area contributed by atoms with Gasteiger partial charge in [0.25, 0.3) is 0 Å². The fraction of sp³-hybridized carbons (Fsp3) is 0.250. The van der Waals surface area contributed by atoms with E-state index in [9.17, 15) is 9.18 Å². The predicted octanol–water partition coefficient (Wildman–Crippen LogP) is 5.42. The lowest BCUT2D eigenvalue weighted by molar-refractivity contribution is -0.121. The number of thioether (sulfide) groups is 1. The van der Waals surface area contributed by atoms with Gasteiger partial charge in [0.2, 0.25) is 5.91 Å². The van der Waals surface area contributed by atoms with Gasteiger partial charge in [-0.2, -0.15) is 0 Å². The number of nitrogens with one attached hydrogen (secondary N) is 1. The van der Waals surface area contributed by atoms with Gasteiger partial charge in [0.1, 0.15) is 5.82 Å². The smallest absolute Gasteiger partial charge is 0.220 e. The third-order valence-electron chi connectivity index (χ3n) is 4.05. The fourth-order valence-electron chi connectivity index (χ4n) is 2.63. The Balaban J connectivity index is 1.89. The number of amides is 1. The van der Waals surface area contributed by atoms with Crippen LogP contribution in [-0.2, 0) is 17.1 Å². The molecule has 3 rings (SSSR count). The Morgan fingerprint density at radius 2 is 1.93 bits per heavy atom. The monoisotopic (exact) mass is 452 g/mol. The molecule has 0 saturated carbocycles. The Morgan fingerprint density at radius 3 is 2.66 bits per heavy atom. The maximum atomic E-state index is 13.1. The molecule has 0 bridgehead atoms. The van der Waals surface area contributed by atoms with Gasteiger partial charge in [0.15, 0.2) is 11.0 Å². The summed E-state index contributed by atoms with van der Waals surface area (Å²) in [6, 6.07) is 11.4. The van der Waals surface area contributed by atoms with Crippen LogP contribution in [0.15, 0.2) is 47.6 Å². The van der Waals surface area contributed by atoms with E-state index >= 15 is 0 Å². The summed E-state index contributed by atoms with van der Waals surface area (Å²) in [7, 11) is 0. The highest BCUT2D eigenvalue weighted by Gasteiger charge is 2.18. The molecule has 29 heavy (non-hydrogen) atoms. The molecule has 1 heterocycles. The minimum Gasteiger partial charge on any atom is -0.349 e. The first kappa shape index (κ1) is 21.6. The summed E-state index contributed by atoms with van der Waals surface area (Å²) in [4.78, 5) is 11.9. The summed E-state index contributed by atoms with van der Waals surface area (Å²) in [5.41, 5.74) is 1.58. The summed E-state index contributed by atoms with van der Waals surface area (Å²) in [5.74, 6) is 0.774. The lowest BCUT2D eigenvalue weighted by atomic mass is 10.2. The molecule has 9 heteroatoms. The van der Waals surface area contributed by atoms with E-state index in [0.29, 0.717) is 38.9 Å². The van der Waals surface area contributed by atoms with E-state index in [4.69, 9.17) is 23.2 Å². The zero-order chi connectivity index (χ0) is 20.8. The molecule has 0 atom stereocenters. The maximum absolute atomic E-state index is 13.1. The van der Waals surface area contributed by atoms with Crippen LogP contribution in [0.1, 0.15) is 31.2 Å². The van der Waals surface area contributed by atoms with Gasteiger partial charge in [-0.25, -0.2) is 4.39 Å². The normalized spacial score (nSPS) is 10.9. The summed E-state index contributed by atoms with van der Waals surface area (Å²) in [5, 5.41) is 13.0. The molecule has 152 valence electrons. The molecule has 2 aromatic carbocycles. The molecule has 0 radical (unpaired) electrons. The molecule has 0 spiro atoms. The average Bonchev–Trinajstić information content (AvgIpc) is 3.10. The first-order valence-corrected chi connectivity index (χ1v) is 10.8. The number of benzene rings is 2. The van der Waals surface area contributed by atoms with E-state index in [-0.39, 0.29) is 18.3 Å². The van der Waals surface area contributed by atoms with E-state index < -0.39 is 0 Å². The maximum Gasteiger partial charge on any atom is 0.220 e. The van der Waals surface area contributed by atoms with Crippen LogP contribution in [-0.4, -0.2) is 20.7 Å². The van der Waals surface area contributed by atoms with Gasteiger partial charge in [-0.15, -0.1) is 10.2 Å². The predicted molar refractivity (Wildman–Crippen MR) is 114 cm³/mol. The van der Waals surface area contributed by atoms with Crippen molar-refractivity contribution in [2.24, 2.45) is 0 Å². The zero-order valence-corrected chi connectivity index (χ0v) is 18.0. The molecule has 0 unspecified atom stereocenters. The van der Waals surface area contributed by atoms with E-state index in [1.54, 1.807) is 34.9 Å². The molecule has 1 aromatic heterocycles. The summed E-state index contributed by atoms with van der Waals surface area (Å²) >= 11 is 14.0. The third kappa shape index (κ3) is 5.72. The van der Waals surface area contributed by atoms with Crippen LogP contribution in [0.25, 0.3) is 5.69 Å². The van der Waals surface area contributed by atoms with Crippen molar-refractivity contribution in [3.63, 3.8) is 0 Å². The largest absolute Gasteiger partial charge is 0.349 e. The molecular weight excluding hydrogens is 434 g/mol. The van der Waals surface area contributed by atoms with E-state index in [1.165, 1.54) is 23.9 Å². The zero-order valence-electron chi connectivity index (χ0n) is 15.7. The molecule has 1 N–H and O–H groups in total. The molecule has 0 aliphatic heterocycles. The number of hydrogen-bond acceptors (Lipinski definition) is 4. The van der Waals surface area contributed by atoms with Gasteiger partial charge in [0, 0.05) is 17.2 Å². The lowest BCUT2D eigenvalue weighted by Gasteiger charge is -2.13. The van der Waals surface area contributed by atoms with Crippen LogP contribution in [0, 0.1) is 5.82 Å². The number of hydrogen-bond donors (Lipinski definition) is 1. The SMILES string of the molecule is CCCC(=O)NCc1nnc(SCc2ccc(F)cc2)n1-c1cc(Cl)ccc1Cl. The average molecular weight is 453 g/mol. The van der Waals surface area contributed by atoms with Crippen molar-refractivity contribution in [1.82, 2.24) is 20.1 Å². The summed E-state index contributed by atoms with van der Waals surface area (Å²) < 4.78 is 14.9. The van der Waals surface area contributed by atoms with Crippen LogP contribution >= 0.6 is 35.0 Å². The van der Waals surface area contributed by atoms with Gasteiger partial charge >= 0.3 is 0 Å². The quantitative estimate of drug-likeness (QED) is 0.463. The molecule has 0 aliphatic carbocycles. The summed E-state index contributed by atoms with van der Waals surface area (Å²) in [6.45, 7) is 2.16. The van der Waals surface area contributed by atoms with E-state index in [0.717, 1.165) is 12.0 Å². The number of halogens is 3. The van der Waals surface area contributed by atoms with Gasteiger partial charge in [0.05, 0.1) is 17.3 Å². The van der Waals surface area contributed by atoms with E-state index in [1.807, 2.05) is 6.92 Å². The first-order valence-electron chi connectivity index (χ1n) is 9.01. The van der Waals surface area contributed by atoms with Crippen molar-refractivity contribution in [3.8, 4) is 5.69 Å². The van der Waals surface area contributed by atoms with Crippen LogP contribution in [0.3, 0.4) is 0 Å². The summed E-state index contributed by atoms with van der Waals surface area (Å²) in [6.07, 6.45) is 1.20. The van der Waals surface area contributed by atoms with Crippen molar-refractivity contribution in [2.75, 3.05) is 0 Å². The molecule has 0 fully saturated rings. The van der Waals surface area contributed by atoms with E-state index in [2.05, 4.69) is 15.5 Å². The van der Waals surface area contributed by atoms with Crippen molar-refractivity contribution in [3.05, 3.63) is 69.7 Å². The van der Waals surface area contributed by atoms with Crippen LogP contribution in [0.5, 0.6) is 0 Å². The van der Waals surface area contributed by atoms with Crippen molar-refractivity contribution < 1.29 is 9.18 Å². The highest BCUT2D eigenvalue weighted by Crippen LogP contribution is 2.31. The number of nitrogens with zero attached hydrogens (tertiary/aromatic N) is 3. The highest BCUT2D eigenvalue weighted by atomic mass is 35.5. The number of aromatic nitrogens is 3. The van der Waals surface area contributed by atoms with Gasteiger partial charge in [-0.1, -0.05) is 54.0 Å². The Labute approximate surface area is 182 Å². The van der Waals surface area contributed by atoms with Gasteiger partial charge < -0.3 is 5.32 Å². The number of carbonyl (C=O) groups excluding carboxylic acids is 1. The van der Waals surface area contributed by atoms with Gasteiger partial charge in [-0.3, -0.25) is 9.36 Å². The van der Waals surface area contributed by atoms with Crippen molar-refractivity contribution >= 4 is 40.9 Å². The second-order valence-electron chi connectivity index (χ2n) is 6.27.